The van der Waals surface area contributed by atoms with Crippen LogP contribution in [0.25, 0.3) is 0 Å². The Kier molecular flexibility index (Phi) is 470. The van der Waals surface area contributed by atoms with E-state index in [1.807, 2.05) is 0 Å². The van der Waals surface area contributed by atoms with Gasteiger partial charge >= 0.3 is 0 Å². The Labute approximate surface area is 278 Å². The van der Waals surface area contributed by atoms with Gasteiger partial charge in [-0.1, -0.05) is 233 Å². The molecule has 0 aromatic heterocycles. The first-order valence-electron chi connectivity index (χ1n) is 11.0. The molecule has 37 heavy (non-hydrogen) atoms. The van der Waals surface area contributed by atoms with Gasteiger partial charge in [0.2, 0.25) is 0 Å². The summed E-state index contributed by atoms with van der Waals surface area (Å²) in [6.45, 7) is 13.5. The van der Waals surface area contributed by atoms with E-state index in [0.717, 1.165) is 0 Å². The molecule has 0 heterocycles. The van der Waals surface area contributed by atoms with Gasteiger partial charge in [-0.15, -0.1) is 0 Å². The molecule has 0 aromatic carbocycles. The first-order chi connectivity index (χ1) is 11.3. The maximum absolute atomic E-state index is 3.25. The second-order valence-corrected chi connectivity index (χ2v) is 6.72. The summed E-state index contributed by atoms with van der Waals surface area (Å²) in [5.41, 5.74) is 0. The van der Waals surface area contributed by atoms with E-state index < -0.39 is 0 Å². The fraction of sp³-hybridized carbons (Fsp3) is 0.972. The number of hydrogen-bond acceptors (Lipinski definition) is 0. The SMILES string of the molecule is C.C.C.C.C.C.C.C.C.C.C.C.C.C1CCCC1.C1CCCC1.C1CCCC1.CCC.CCC.[CH2-]C.[Y]. The second-order valence-electron chi connectivity index (χ2n) is 6.72. The minimum Gasteiger partial charge on any atom is -0.346 e. The van der Waals surface area contributed by atoms with Crippen LogP contribution in [0.15, 0.2) is 0 Å². The van der Waals surface area contributed by atoms with Crippen LogP contribution in [-0.2, 0) is 32.7 Å². The van der Waals surface area contributed by atoms with Crippen LogP contribution in [0.1, 0.15) is 240 Å². The van der Waals surface area contributed by atoms with Gasteiger partial charge in [-0.2, -0.15) is 6.92 Å². The van der Waals surface area contributed by atoms with Crippen molar-refractivity contribution >= 4 is 0 Å². The van der Waals surface area contributed by atoms with E-state index in [-0.39, 0.29) is 129 Å². The van der Waals surface area contributed by atoms with Crippen molar-refractivity contribution in [1.29, 1.82) is 0 Å². The molecular formula is C36H103Y-. The molecule has 0 spiro atoms. The maximum atomic E-state index is 3.25. The Hall–Kier alpha value is 1.10. The summed E-state index contributed by atoms with van der Waals surface area (Å²) >= 11 is 0. The van der Waals surface area contributed by atoms with Crippen LogP contribution >= 0.6 is 0 Å². The number of hydrogen-bond donors (Lipinski definition) is 0. The van der Waals surface area contributed by atoms with Gasteiger partial charge in [0, 0.05) is 32.7 Å². The van der Waals surface area contributed by atoms with Crippen molar-refractivity contribution in [2.45, 2.75) is 240 Å². The average molecular weight is 625 g/mol. The molecule has 3 rings (SSSR count). The molecule has 0 bridgehead atoms. The summed E-state index contributed by atoms with van der Waals surface area (Å²) in [7, 11) is 0. The van der Waals surface area contributed by atoms with E-state index in [0.29, 0.717) is 0 Å². The fourth-order valence-electron chi connectivity index (χ4n) is 2.65. The summed E-state index contributed by atoms with van der Waals surface area (Å²) < 4.78 is 0. The molecule has 3 fully saturated rings. The molecule has 0 amide bonds. The van der Waals surface area contributed by atoms with Crippen molar-refractivity contribution in [3.63, 3.8) is 0 Å². The average Bonchev–Trinajstić information content (AvgIpc) is 3.39. The van der Waals surface area contributed by atoms with Gasteiger partial charge in [-0.05, 0) is 0 Å². The zero-order valence-electron chi connectivity index (χ0n) is 18.3. The molecule has 0 aliphatic heterocycles. The normalized spacial score (nSPS) is 10.9. The van der Waals surface area contributed by atoms with E-state index >= 15 is 0 Å². The van der Waals surface area contributed by atoms with Gasteiger partial charge in [-0.3, -0.25) is 0 Å². The third-order valence-corrected chi connectivity index (χ3v) is 3.75. The standard InChI is InChI=1S/3C5H10.2C3H8.C2H5.13CH4.Y/c3*1-2-4-5-3-1;2*1-3-2;1-2;;;;;;;;;;;;;;/h3*1-5H2;2*3H2,1-2H3;1H2,2H3;13*1H4;/q;;;;;-1;;;;;;;;;;;;;;. The smallest absolute Gasteiger partial charge is 0 e. The Bertz CT molecular complexity index is 85.0. The van der Waals surface area contributed by atoms with E-state index in [9.17, 15) is 0 Å². The van der Waals surface area contributed by atoms with Gasteiger partial charge in [0.05, 0.1) is 0 Å². The molecule has 1 radical (unpaired) electrons. The van der Waals surface area contributed by atoms with E-state index in [2.05, 4.69) is 34.6 Å². The molecule has 0 aromatic rings. The van der Waals surface area contributed by atoms with Crippen LogP contribution in [0.5, 0.6) is 0 Å². The number of rotatable bonds is 0. The van der Waals surface area contributed by atoms with Crippen molar-refractivity contribution in [1.82, 2.24) is 0 Å². The van der Waals surface area contributed by atoms with Crippen molar-refractivity contribution in [3.05, 3.63) is 6.92 Å². The molecule has 0 saturated heterocycles. The Morgan fingerprint density at radius 2 is 0.297 bits per heavy atom. The van der Waals surface area contributed by atoms with Gasteiger partial charge in [0.15, 0.2) is 0 Å². The molecular weight excluding hydrogens is 521 g/mol. The topological polar surface area (TPSA) is 0 Å². The molecule has 3 saturated carbocycles. The molecule has 0 N–H and O–H groups in total. The maximum Gasteiger partial charge on any atom is 0 e. The fourth-order valence-corrected chi connectivity index (χ4v) is 2.65. The quantitative estimate of drug-likeness (QED) is 0.235. The van der Waals surface area contributed by atoms with Crippen molar-refractivity contribution in [2.24, 2.45) is 0 Å². The Morgan fingerprint density at radius 1 is 0.270 bits per heavy atom. The monoisotopic (exact) mass is 625 g/mol. The van der Waals surface area contributed by atoms with Crippen LogP contribution in [0, 0.1) is 6.92 Å². The summed E-state index contributed by atoms with van der Waals surface area (Å²) in [6.07, 6.45) is 25.0. The summed E-state index contributed by atoms with van der Waals surface area (Å²) in [5.74, 6) is 0. The third-order valence-electron chi connectivity index (χ3n) is 3.75. The molecule has 3 aliphatic rings. The van der Waals surface area contributed by atoms with Crippen LogP contribution in [-0.4, -0.2) is 0 Å². The van der Waals surface area contributed by atoms with Crippen molar-refractivity contribution < 1.29 is 32.7 Å². The molecule has 0 nitrogen and oxygen atoms in total. The molecule has 1 heteroatoms. The zero-order chi connectivity index (χ0) is 18.0. The van der Waals surface area contributed by atoms with E-state index in [1.54, 1.807) is 6.92 Å². The van der Waals surface area contributed by atoms with Gasteiger partial charge in [0.25, 0.3) is 0 Å². The van der Waals surface area contributed by atoms with Crippen molar-refractivity contribution in [2.75, 3.05) is 0 Å². The largest absolute Gasteiger partial charge is 0.346 e. The minimum absolute atomic E-state index is 0. The zero-order valence-corrected chi connectivity index (χ0v) is 21.1. The first-order valence-corrected chi connectivity index (χ1v) is 11.0. The van der Waals surface area contributed by atoms with Crippen LogP contribution in [0.3, 0.4) is 0 Å². The predicted molar refractivity (Wildman–Crippen MR) is 200 cm³/mol. The first kappa shape index (κ1) is 118. The van der Waals surface area contributed by atoms with E-state index in [1.165, 1.54) is 109 Å². The summed E-state index contributed by atoms with van der Waals surface area (Å²) in [6, 6.07) is 0. The Morgan fingerprint density at radius 3 is 0.324 bits per heavy atom. The van der Waals surface area contributed by atoms with Gasteiger partial charge in [0.1, 0.15) is 0 Å². The second kappa shape index (κ2) is 148. The summed E-state index contributed by atoms with van der Waals surface area (Å²) in [5, 5.41) is 0. The van der Waals surface area contributed by atoms with Gasteiger partial charge < -0.3 is 6.92 Å². The van der Waals surface area contributed by atoms with Crippen LogP contribution in [0.4, 0.5) is 0 Å². The van der Waals surface area contributed by atoms with Crippen LogP contribution in [0.2, 0.25) is 0 Å². The predicted octanol–water partition coefficient (Wildman–Crippen LogP) is 17.8. The molecule has 0 unspecified atom stereocenters. The molecule has 3 aliphatic carbocycles. The summed E-state index contributed by atoms with van der Waals surface area (Å²) in [4.78, 5) is 0. The van der Waals surface area contributed by atoms with Crippen molar-refractivity contribution in [3.8, 4) is 0 Å². The Balaban J connectivity index is -0.00000000820. The van der Waals surface area contributed by atoms with Crippen LogP contribution < -0.4 is 0 Å². The minimum atomic E-state index is 0. The molecule has 251 valence electrons. The van der Waals surface area contributed by atoms with E-state index in [4.69, 9.17) is 0 Å². The molecule has 0 atom stereocenters. The third kappa shape index (κ3) is 176. The van der Waals surface area contributed by atoms with Gasteiger partial charge in [-0.25, -0.2) is 0 Å².